The number of hydrogen-bond donors (Lipinski definition) is 0. The number of rotatable bonds is 3. The van der Waals surface area contributed by atoms with Crippen LogP contribution in [0, 0.1) is 16.7 Å². The van der Waals surface area contributed by atoms with E-state index in [1.165, 1.54) is 12.8 Å². The summed E-state index contributed by atoms with van der Waals surface area (Å²) < 4.78 is 0. The molecular weight excluding hydrogens is 144 g/mol. The molecule has 0 aliphatic heterocycles. The molecule has 0 spiro atoms. The fourth-order valence-corrected chi connectivity index (χ4v) is 1.54. The Kier molecular flexibility index (Phi) is 3.81. The van der Waals surface area contributed by atoms with Gasteiger partial charge in [-0.05, 0) is 23.2 Å². The van der Waals surface area contributed by atoms with Crippen LogP contribution < -0.4 is 0 Å². The van der Waals surface area contributed by atoms with Crippen LogP contribution in [0.15, 0.2) is 0 Å². The predicted octanol–water partition coefficient (Wildman–Crippen LogP) is 4.49. The van der Waals surface area contributed by atoms with E-state index < -0.39 is 0 Å². The molecule has 0 saturated heterocycles. The van der Waals surface area contributed by atoms with Gasteiger partial charge in [-0.3, -0.25) is 0 Å². The molecule has 0 nitrogen and oxygen atoms in total. The van der Waals surface area contributed by atoms with Crippen molar-refractivity contribution in [3.63, 3.8) is 0 Å². The van der Waals surface area contributed by atoms with E-state index >= 15 is 0 Å². The van der Waals surface area contributed by atoms with E-state index in [2.05, 4.69) is 48.5 Å². The zero-order chi connectivity index (χ0) is 9.99. The van der Waals surface area contributed by atoms with Crippen LogP contribution in [0.2, 0.25) is 0 Å². The first-order valence-corrected chi connectivity index (χ1v) is 5.19. The van der Waals surface area contributed by atoms with E-state index in [0.29, 0.717) is 10.8 Å². The van der Waals surface area contributed by atoms with Crippen LogP contribution in [0.5, 0.6) is 0 Å². The van der Waals surface area contributed by atoms with Crippen LogP contribution >= 0.6 is 0 Å². The average molecular weight is 170 g/mol. The molecule has 0 heterocycles. The molecule has 0 fully saturated rings. The smallest absolute Gasteiger partial charge is 0.0331 e. The van der Waals surface area contributed by atoms with Crippen LogP contribution in [0.25, 0.3) is 0 Å². The third-order valence-electron chi connectivity index (χ3n) is 3.16. The van der Waals surface area contributed by atoms with E-state index in [-0.39, 0.29) is 0 Å². The lowest BCUT2D eigenvalue weighted by molar-refractivity contribution is 0.158. The van der Waals surface area contributed by atoms with Crippen molar-refractivity contribution in [2.24, 2.45) is 16.7 Å². The lowest BCUT2D eigenvalue weighted by Crippen LogP contribution is -2.25. The van der Waals surface area contributed by atoms with Crippen molar-refractivity contribution >= 4 is 0 Å². The SMILES string of the molecule is CCC(C)(C)C(C)CC(C)(C)C. The zero-order valence-electron chi connectivity index (χ0n) is 9.99. The standard InChI is InChI=1S/C12H26/c1-8-12(6,7)10(2)9-11(3,4)5/h10H,8-9H2,1-7H3. The average Bonchev–Trinajstić information content (AvgIpc) is 1.84. The first-order chi connectivity index (χ1) is 5.19. The highest BCUT2D eigenvalue weighted by molar-refractivity contribution is 4.77. The molecule has 0 aromatic heterocycles. The molecule has 1 unspecified atom stereocenters. The van der Waals surface area contributed by atoms with E-state index in [1.54, 1.807) is 0 Å². The monoisotopic (exact) mass is 170 g/mol. The van der Waals surface area contributed by atoms with Crippen LogP contribution in [0.3, 0.4) is 0 Å². The first kappa shape index (κ1) is 12.0. The second-order valence-corrected chi connectivity index (χ2v) is 6.01. The third-order valence-corrected chi connectivity index (χ3v) is 3.16. The van der Waals surface area contributed by atoms with Crippen LogP contribution in [-0.2, 0) is 0 Å². The van der Waals surface area contributed by atoms with Gasteiger partial charge in [0.25, 0.3) is 0 Å². The van der Waals surface area contributed by atoms with Crippen molar-refractivity contribution < 1.29 is 0 Å². The highest BCUT2D eigenvalue weighted by atomic mass is 14.3. The summed E-state index contributed by atoms with van der Waals surface area (Å²) in [6, 6.07) is 0. The van der Waals surface area contributed by atoms with E-state index in [4.69, 9.17) is 0 Å². The lowest BCUT2D eigenvalue weighted by atomic mass is 9.71. The molecule has 12 heavy (non-hydrogen) atoms. The molecule has 0 heteroatoms. The predicted molar refractivity (Wildman–Crippen MR) is 57.3 cm³/mol. The highest BCUT2D eigenvalue weighted by Crippen LogP contribution is 2.37. The summed E-state index contributed by atoms with van der Waals surface area (Å²) in [5, 5.41) is 0. The third kappa shape index (κ3) is 4.13. The van der Waals surface area contributed by atoms with Gasteiger partial charge < -0.3 is 0 Å². The Morgan fingerprint density at radius 1 is 1.00 bits per heavy atom. The maximum atomic E-state index is 2.38. The van der Waals surface area contributed by atoms with Gasteiger partial charge in [-0.1, -0.05) is 54.9 Å². The van der Waals surface area contributed by atoms with Crippen LogP contribution in [0.1, 0.15) is 61.3 Å². The Bertz CT molecular complexity index is 125. The van der Waals surface area contributed by atoms with Gasteiger partial charge in [-0.25, -0.2) is 0 Å². The fourth-order valence-electron chi connectivity index (χ4n) is 1.54. The van der Waals surface area contributed by atoms with Gasteiger partial charge in [0.2, 0.25) is 0 Å². The molecule has 0 N–H and O–H groups in total. The molecule has 0 saturated carbocycles. The maximum Gasteiger partial charge on any atom is -0.0331 e. The van der Waals surface area contributed by atoms with Crippen molar-refractivity contribution in [2.75, 3.05) is 0 Å². The van der Waals surface area contributed by atoms with Gasteiger partial charge in [-0.2, -0.15) is 0 Å². The zero-order valence-corrected chi connectivity index (χ0v) is 9.99. The van der Waals surface area contributed by atoms with Crippen molar-refractivity contribution in [1.82, 2.24) is 0 Å². The molecule has 0 radical (unpaired) electrons. The van der Waals surface area contributed by atoms with Gasteiger partial charge in [-0.15, -0.1) is 0 Å². The summed E-state index contributed by atoms with van der Waals surface area (Å²) in [4.78, 5) is 0. The largest absolute Gasteiger partial charge is 0.0649 e. The lowest BCUT2D eigenvalue weighted by Gasteiger charge is -2.35. The Balaban J connectivity index is 4.13. The molecule has 0 aliphatic carbocycles. The molecule has 0 rings (SSSR count). The molecule has 1 atom stereocenters. The molecule has 0 aromatic rings. The second-order valence-electron chi connectivity index (χ2n) is 6.01. The van der Waals surface area contributed by atoms with E-state index in [0.717, 1.165) is 5.92 Å². The summed E-state index contributed by atoms with van der Waals surface area (Å²) >= 11 is 0. The Morgan fingerprint density at radius 2 is 1.42 bits per heavy atom. The first-order valence-electron chi connectivity index (χ1n) is 5.19. The normalized spacial score (nSPS) is 16.2. The van der Waals surface area contributed by atoms with E-state index in [1.807, 2.05) is 0 Å². The van der Waals surface area contributed by atoms with Crippen molar-refractivity contribution in [3.05, 3.63) is 0 Å². The summed E-state index contributed by atoms with van der Waals surface area (Å²) in [7, 11) is 0. The minimum Gasteiger partial charge on any atom is -0.0649 e. The van der Waals surface area contributed by atoms with Crippen LogP contribution in [0.4, 0.5) is 0 Å². The fraction of sp³-hybridized carbons (Fsp3) is 1.00. The molecule has 0 amide bonds. The summed E-state index contributed by atoms with van der Waals surface area (Å²) in [6.45, 7) is 16.4. The molecular formula is C12H26. The molecule has 0 bridgehead atoms. The van der Waals surface area contributed by atoms with Gasteiger partial charge in [0, 0.05) is 0 Å². The van der Waals surface area contributed by atoms with Gasteiger partial charge in [0.05, 0.1) is 0 Å². The summed E-state index contributed by atoms with van der Waals surface area (Å²) in [6.07, 6.45) is 2.61. The molecule has 74 valence electrons. The number of hydrogen-bond acceptors (Lipinski definition) is 0. The van der Waals surface area contributed by atoms with Crippen molar-refractivity contribution in [3.8, 4) is 0 Å². The molecule has 0 aliphatic rings. The Labute approximate surface area is 78.8 Å². The highest BCUT2D eigenvalue weighted by Gasteiger charge is 2.27. The summed E-state index contributed by atoms with van der Waals surface area (Å²) in [5.41, 5.74) is 0.985. The Hall–Kier alpha value is 0. The van der Waals surface area contributed by atoms with E-state index in [9.17, 15) is 0 Å². The topological polar surface area (TPSA) is 0 Å². The van der Waals surface area contributed by atoms with Crippen LogP contribution in [-0.4, -0.2) is 0 Å². The minimum atomic E-state index is 0.478. The quantitative estimate of drug-likeness (QED) is 0.585. The molecule has 0 aromatic carbocycles. The Morgan fingerprint density at radius 3 is 1.67 bits per heavy atom. The van der Waals surface area contributed by atoms with Gasteiger partial charge >= 0.3 is 0 Å². The van der Waals surface area contributed by atoms with Crippen molar-refractivity contribution in [1.29, 1.82) is 0 Å². The maximum absolute atomic E-state index is 2.38. The second kappa shape index (κ2) is 3.81. The minimum absolute atomic E-state index is 0.478. The van der Waals surface area contributed by atoms with Gasteiger partial charge in [0.15, 0.2) is 0 Å². The van der Waals surface area contributed by atoms with Crippen molar-refractivity contribution in [2.45, 2.75) is 61.3 Å². The van der Waals surface area contributed by atoms with Gasteiger partial charge in [0.1, 0.15) is 0 Å². The summed E-state index contributed by atoms with van der Waals surface area (Å²) in [5.74, 6) is 0.822.